The van der Waals surface area contributed by atoms with Crippen LogP contribution in [0.5, 0.6) is 0 Å². The van der Waals surface area contributed by atoms with Crippen LogP contribution in [-0.4, -0.2) is 39.7 Å². The molecular weight excluding hydrogens is 314 g/mol. The SMILES string of the molecule is Cc1cc(N2CCCS2(=O)=O)ccc1C(=O)NCCN.Cl. The highest BCUT2D eigenvalue weighted by molar-refractivity contribution is 7.93. The second kappa shape index (κ2) is 7.11. The highest BCUT2D eigenvalue weighted by atomic mass is 35.5. The Balaban J connectivity index is 0.00000220. The summed E-state index contributed by atoms with van der Waals surface area (Å²) in [5.74, 6) is -0.00564. The second-order valence-electron chi connectivity index (χ2n) is 4.79. The van der Waals surface area contributed by atoms with Crippen LogP contribution in [0.4, 0.5) is 5.69 Å². The molecule has 1 amide bonds. The summed E-state index contributed by atoms with van der Waals surface area (Å²) >= 11 is 0. The van der Waals surface area contributed by atoms with E-state index in [-0.39, 0.29) is 24.1 Å². The lowest BCUT2D eigenvalue weighted by atomic mass is 10.1. The maximum atomic E-state index is 11.9. The van der Waals surface area contributed by atoms with Gasteiger partial charge in [-0.2, -0.15) is 0 Å². The fourth-order valence-corrected chi connectivity index (χ4v) is 3.82. The topological polar surface area (TPSA) is 92.5 Å². The number of aryl methyl sites for hydroxylation is 1. The molecule has 0 spiro atoms. The molecule has 1 aliphatic heterocycles. The van der Waals surface area contributed by atoms with Crippen molar-refractivity contribution in [2.24, 2.45) is 5.73 Å². The molecule has 21 heavy (non-hydrogen) atoms. The van der Waals surface area contributed by atoms with Crippen molar-refractivity contribution in [3.8, 4) is 0 Å². The molecule has 1 aliphatic rings. The third-order valence-corrected chi connectivity index (χ3v) is 5.14. The fourth-order valence-electron chi connectivity index (χ4n) is 2.27. The van der Waals surface area contributed by atoms with Crippen molar-refractivity contribution in [3.63, 3.8) is 0 Å². The Morgan fingerprint density at radius 3 is 2.67 bits per heavy atom. The summed E-state index contributed by atoms with van der Waals surface area (Å²) in [7, 11) is -3.19. The maximum absolute atomic E-state index is 11.9. The molecule has 1 saturated heterocycles. The summed E-state index contributed by atoms with van der Waals surface area (Å²) in [4.78, 5) is 11.9. The minimum atomic E-state index is -3.19. The van der Waals surface area contributed by atoms with Crippen LogP contribution < -0.4 is 15.4 Å². The number of anilines is 1. The van der Waals surface area contributed by atoms with Crippen molar-refractivity contribution in [2.45, 2.75) is 13.3 Å². The fraction of sp³-hybridized carbons (Fsp3) is 0.462. The van der Waals surface area contributed by atoms with Crippen molar-refractivity contribution >= 4 is 34.0 Å². The Morgan fingerprint density at radius 1 is 1.43 bits per heavy atom. The molecule has 0 saturated carbocycles. The lowest BCUT2D eigenvalue weighted by Gasteiger charge is -2.18. The molecule has 0 bridgehead atoms. The molecule has 118 valence electrons. The summed E-state index contributed by atoms with van der Waals surface area (Å²) in [6.45, 7) is 3.10. The van der Waals surface area contributed by atoms with Crippen LogP contribution in [-0.2, 0) is 10.0 Å². The molecule has 1 aromatic carbocycles. The van der Waals surface area contributed by atoms with E-state index < -0.39 is 10.0 Å². The average Bonchev–Trinajstić information content (AvgIpc) is 2.75. The van der Waals surface area contributed by atoms with E-state index in [1.54, 1.807) is 25.1 Å². The van der Waals surface area contributed by atoms with Crippen LogP contribution in [0.25, 0.3) is 0 Å². The standard InChI is InChI=1S/C13H19N3O3S.ClH/c1-10-9-11(16-7-2-8-20(16,18)19)3-4-12(10)13(17)15-6-5-14;/h3-4,9H,2,5-8,14H2,1H3,(H,15,17);1H. The lowest BCUT2D eigenvalue weighted by Crippen LogP contribution is -2.30. The van der Waals surface area contributed by atoms with Gasteiger partial charge in [0.05, 0.1) is 11.4 Å². The van der Waals surface area contributed by atoms with Gasteiger partial charge in [-0.05, 0) is 37.1 Å². The number of nitrogens with zero attached hydrogens (tertiary/aromatic N) is 1. The number of amides is 1. The van der Waals surface area contributed by atoms with Gasteiger partial charge in [0.25, 0.3) is 5.91 Å². The normalized spacial score (nSPS) is 16.4. The van der Waals surface area contributed by atoms with E-state index in [1.165, 1.54) is 4.31 Å². The van der Waals surface area contributed by atoms with E-state index in [0.29, 0.717) is 37.3 Å². The van der Waals surface area contributed by atoms with Gasteiger partial charge < -0.3 is 11.1 Å². The van der Waals surface area contributed by atoms with Gasteiger partial charge in [-0.15, -0.1) is 12.4 Å². The minimum absolute atomic E-state index is 0. The van der Waals surface area contributed by atoms with Crippen molar-refractivity contribution in [3.05, 3.63) is 29.3 Å². The molecule has 3 N–H and O–H groups in total. The summed E-state index contributed by atoms with van der Waals surface area (Å²) in [5, 5.41) is 2.70. The van der Waals surface area contributed by atoms with E-state index in [1.807, 2.05) is 0 Å². The Morgan fingerprint density at radius 2 is 2.14 bits per heavy atom. The van der Waals surface area contributed by atoms with Crippen LogP contribution in [0, 0.1) is 6.92 Å². The quantitative estimate of drug-likeness (QED) is 0.846. The second-order valence-corrected chi connectivity index (χ2v) is 6.80. The largest absolute Gasteiger partial charge is 0.351 e. The monoisotopic (exact) mass is 333 g/mol. The van der Waals surface area contributed by atoms with Gasteiger partial charge in [0.2, 0.25) is 10.0 Å². The van der Waals surface area contributed by atoms with E-state index in [2.05, 4.69) is 5.32 Å². The summed E-state index contributed by atoms with van der Waals surface area (Å²) < 4.78 is 25.1. The summed E-state index contributed by atoms with van der Waals surface area (Å²) in [5.41, 5.74) is 7.25. The molecule has 1 heterocycles. The van der Waals surface area contributed by atoms with Crippen molar-refractivity contribution < 1.29 is 13.2 Å². The molecule has 1 aromatic rings. The lowest BCUT2D eigenvalue weighted by molar-refractivity contribution is 0.0954. The highest BCUT2D eigenvalue weighted by Gasteiger charge is 2.28. The third kappa shape index (κ3) is 3.87. The van der Waals surface area contributed by atoms with Crippen LogP contribution in [0.3, 0.4) is 0 Å². The Kier molecular flexibility index (Phi) is 6.00. The number of benzene rings is 1. The number of halogens is 1. The smallest absolute Gasteiger partial charge is 0.251 e. The zero-order chi connectivity index (χ0) is 14.8. The Bertz CT molecular complexity index is 619. The number of nitrogens with two attached hydrogens (primary N) is 1. The van der Waals surface area contributed by atoms with Crippen LogP contribution in [0.1, 0.15) is 22.3 Å². The number of rotatable bonds is 4. The number of sulfonamides is 1. The van der Waals surface area contributed by atoms with Crippen molar-refractivity contribution in [2.75, 3.05) is 29.7 Å². The van der Waals surface area contributed by atoms with E-state index in [0.717, 1.165) is 5.56 Å². The minimum Gasteiger partial charge on any atom is -0.351 e. The summed E-state index contributed by atoms with van der Waals surface area (Å²) in [6.07, 6.45) is 0.639. The highest BCUT2D eigenvalue weighted by Crippen LogP contribution is 2.26. The van der Waals surface area contributed by atoms with Gasteiger partial charge in [-0.25, -0.2) is 8.42 Å². The van der Waals surface area contributed by atoms with Gasteiger partial charge in [-0.3, -0.25) is 9.10 Å². The van der Waals surface area contributed by atoms with Crippen LogP contribution in [0.15, 0.2) is 18.2 Å². The zero-order valence-corrected chi connectivity index (χ0v) is 13.5. The van der Waals surface area contributed by atoms with Gasteiger partial charge in [0, 0.05) is 25.2 Å². The first-order valence-electron chi connectivity index (χ1n) is 6.55. The van der Waals surface area contributed by atoms with E-state index in [9.17, 15) is 13.2 Å². The van der Waals surface area contributed by atoms with Gasteiger partial charge in [-0.1, -0.05) is 0 Å². The first kappa shape index (κ1) is 17.7. The molecule has 0 aliphatic carbocycles. The average molecular weight is 334 g/mol. The van der Waals surface area contributed by atoms with E-state index in [4.69, 9.17) is 5.73 Å². The molecule has 1 fully saturated rings. The molecule has 6 nitrogen and oxygen atoms in total. The molecule has 0 radical (unpaired) electrons. The van der Waals surface area contributed by atoms with Gasteiger partial charge in [0.1, 0.15) is 0 Å². The predicted molar refractivity (Wildman–Crippen MR) is 85.6 cm³/mol. The Labute approximate surface area is 131 Å². The molecular formula is C13H20ClN3O3S. The zero-order valence-electron chi connectivity index (χ0n) is 11.8. The maximum Gasteiger partial charge on any atom is 0.251 e. The molecule has 0 aromatic heterocycles. The van der Waals surface area contributed by atoms with Gasteiger partial charge in [0.15, 0.2) is 0 Å². The first-order valence-corrected chi connectivity index (χ1v) is 8.16. The van der Waals surface area contributed by atoms with E-state index >= 15 is 0 Å². The third-order valence-electron chi connectivity index (χ3n) is 3.27. The molecule has 0 unspecified atom stereocenters. The predicted octanol–water partition coefficient (Wildman–Crippen LogP) is 0.645. The molecule has 8 heteroatoms. The molecule has 0 atom stereocenters. The van der Waals surface area contributed by atoms with Gasteiger partial charge >= 0.3 is 0 Å². The first-order chi connectivity index (χ1) is 9.45. The number of hydrogen-bond donors (Lipinski definition) is 2. The van der Waals surface area contributed by atoms with Crippen molar-refractivity contribution in [1.29, 1.82) is 0 Å². The number of hydrogen-bond acceptors (Lipinski definition) is 4. The molecule has 2 rings (SSSR count). The van der Waals surface area contributed by atoms with Crippen LogP contribution in [0.2, 0.25) is 0 Å². The number of nitrogens with one attached hydrogen (secondary N) is 1. The summed E-state index contributed by atoms with van der Waals surface area (Å²) in [6, 6.07) is 5.07. The van der Waals surface area contributed by atoms with Crippen LogP contribution >= 0.6 is 12.4 Å². The Hall–Kier alpha value is -1.31. The number of carbonyl (C=O) groups is 1. The number of carbonyl (C=O) groups excluding carboxylic acids is 1. The van der Waals surface area contributed by atoms with Crippen molar-refractivity contribution in [1.82, 2.24) is 5.32 Å².